The van der Waals surface area contributed by atoms with Crippen molar-refractivity contribution < 1.29 is 4.74 Å². The number of halogens is 1. The molecule has 0 atom stereocenters. The van der Waals surface area contributed by atoms with Crippen molar-refractivity contribution in [3.8, 4) is 5.75 Å². The summed E-state index contributed by atoms with van der Waals surface area (Å²) in [6.07, 6.45) is 9.62. The lowest BCUT2D eigenvalue weighted by Crippen LogP contribution is -2.38. The van der Waals surface area contributed by atoms with Crippen LogP contribution in [0.4, 0.5) is 0 Å². The zero-order valence-corrected chi connectivity index (χ0v) is 13.2. The Morgan fingerprint density at radius 1 is 0.789 bits per heavy atom. The molecule has 1 aromatic rings. The fraction of sp³-hybridized carbons (Fsp3) is 0.647. The molecule has 1 aromatic carbocycles. The molecule has 0 radical (unpaired) electrons. The zero-order chi connectivity index (χ0) is 13.2. The molecule has 4 aliphatic carbocycles. The second-order valence-corrected chi connectivity index (χ2v) is 7.45. The minimum Gasteiger partial charge on any atom is -0.497 e. The van der Waals surface area contributed by atoms with Gasteiger partial charge in [0.2, 0.25) is 0 Å². The van der Waals surface area contributed by atoms with E-state index in [4.69, 9.17) is 4.74 Å². The Morgan fingerprint density at radius 2 is 1.16 bits per heavy atom. The summed E-state index contributed by atoms with van der Waals surface area (Å²) in [6, 6.07) is 7.70. The van der Waals surface area contributed by atoms with Crippen LogP contribution in [-0.4, -0.2) is 7.11 Å². The van der Waals surface area contributed by atoms with Crippen molar-refractivity contribution in [1.82, 2.24) is 0 Å². The summed E-state index contributed by atoms with van der Waals surface area (Å²) in [4.78, 5) is 0. The number of ether oxygens (including phenoxy) is 1. The molecular formula is C17H23BrO. The Bertz CT molecular complexity index is 355. The molecule has 0 aliphatic heterocycles. The van der Waals surface area contributed by atoms with E-state index in [-0.39, 0.29) is 0 Å². The van der Waals surface area contributed by atoms with Crippen molar-refractivity contribution >= 4 is 15.9 Å². The van der Waals surface area contributed by atoms with Crippen molar-refractivity contribution in [1.29, 1.82) is 0 Å². The number of methoxy groups -OCH3 is 1. The molecule has 0 unspecified atom stereocenters. The molecule has 2 heteroatoms. The molecule has 0 aromatic heterocycles. The maximum Gasteiger partial charge on any atom is 0.118 e. The van der Waals surface area contributed by atoms with Crippen LogP contribution in [0.2, 0.25) is 0 Å². The topological polar surface area (TPSA) is 9.23 Å². The van der Waals surface area contributed by atoms with Gasteiger partial charge in [-0.1, -0.05) is 15.9 Å². The molecule has 4 fully saturated rings. The maximum atomic E-state index is 4.95. The molecule has 0 heterocycles. The monoisotopic (exact) mass is 322 g/mol. The largest absolute Gasteiger partial charge is 0.497 e. The van der Waals surface area contributed by atoms with Crippen molar-refractivity contribution in [3.05, 3.63) is 28.7 Å². The van der Waals surface area contributed by atoms with E-state index in [0.29, 0.717) is 0 Å². The van der Waals surface area contributed by atoms with E-state index in [1.54, 1.807) is 45.6 Å². The second-order valence-electron chi connectivity index (χ2n) is 6.54. The fourth-order valence-electron chi connectivity index (χ4n) is 4.55. The molecular weight excluding hydrogens is 300 g/mol. The Hall–Kier alpha value is -0.500. The standard InChI is InChI=1S/C10H16.C7H7BrO/c1-7-2-9-4-8(1)5-10(3-7)6-9;1-9-7-4-2-6(8)3-5-7/h7-10H,1-6H2;2-5H,1H3. The highest BCUT2D eigenvalue weighted by Gasteiger charge is 2.41. The normalized spacial score (nSPS) is 34.6. The molecule has 4 saturated carbocycles. The van der Waals surface area contributed by atoms with Crippen molar-refractivity contribution in [2.24, 2.45) is 23.7 Å². The van der Waals surface area contributed by atoms with Crippen LogP contribution in [-0.2, 0) is 0 Å². The summed E-state index contributed by atoms with van der Waals surface area (Å²) in [5.74, 6) is 5.60. The summed E-state index contributed by atoms with van der Waals surface area (Å²) >= 11 is 3.32. The van der Waals surface area contributed by atoms with Gasteiger partial charge in [-0.15, -0.1) is 0 Å². The predicted molar refractivity (Wildman–Crippen MR) is 82.4 cm³/mol. The third kappa shape index (κ3) is 3.34. The number of benzene rings is 1. The summed E-state index contributed by atoms with van der Waals surface area (Å²) < 4.78 is 6.02. The second kappa shape index (κ2) is 5.87. The van der Waals surface area contributed by atoms with Crippen molar-refractivity contribution in [2.45, 2.75) is 38.5 Å². The van der Waals surface area contributed by atoms with Gasteiger partial charge in [-0.25, -0.2) is 0 Å². The van der Waals surface area contributed by atoms with Crippen LogP contribution in [0.25, 0.3) is 0 Å². The van der Waals surface area contributed by atoms with Gasteiger partial charge in [0.25, 0.3) is 0 Å². The first-order valence-corrected chi connectivity index (χ1v) is 8.31. The van der Waals surface area contributed by atoms with Crippen molar-refractivity contribution in [2.75, 3.05) is 7.11 Å². The molecule has 0 N–H and O–H groups in total. The van der Waals surface area contributed by atoms with Crippen LogP contribution < -0.4 is 4.74 Å². The van der Waals surface area contributed by atoms with Gasteiger partial charge in [-0.2, -0.15) is 0 Å². The molecule has 0 spiro atoms. The summed E-state index contributed by atoms with van der Waals surface area (Å²) in [7, 11) is 1.66. The Kier molecular flexibility index (Phi) is 4.16. The van der Waals surface area contributed by atoms with E-state index in [1.807, 2.05) is 24.3 Å². The minimum atomic E-state index is 0.887. The molecule has 4 bridgehead atoms. The highest BCUT2D eigenvalue weighted by Crippen LogP contribution is 2.53. The van der Waals surface area contributed by atoms with Crippen LogP contribution in [0.1, 0.15) is 38.5 Å². The van der Waals surface area contributed by atoms with E-state index in [9.17, 15) is 0 Å². The van der Waals surface area contributed by atoms with Gasteiger partial charge in [0, 0.05) is 4.47 Å². The molecule has 5 rings (SSSR count). The maximum absolute atomic E-state index is 4.95. The highest BCUT2D eigenvalue weighted by molar-refractivity contribution is 9.10. The number of hydrogen-bond donors (Lipinski definition) is 0. The average Bonchev–Trinajstić information content (AvgIpc) is 2.39. The summed E-state index contributed by atoms with van der Waals surface area (Å²) in [5.41, 5.74) is 0. The van der Waals surface area contributed by atoms with E-state index < -0.39 is 0 Å². The van der Waals surface area contributed by atoms with Gasteiger partial charge in [0.15, 0.2) is 0 Å². The summed E-state index contributed by atoms with van der Waals surface area (Å²) in [6.45, 7) is 0. The van der Waals surface area contributed by atoms with Gasteiger partial charge in [-0.3, -0.25) is 0 Å². The van der Waals surface area contributed by atoms with E-state index in [0.717, 1.165) is 10.2 Å². The van der Waals surface area contributed by atoms with Crippen LogP contribution in [0.5, 0.6) is 5.75 Å². The molecule has 0 saturated heterocycles. The van der Waals surface area contributed by atoms with Crippen LogP contribution in [0.3, 0.4) is 0 Å². The predicted octanol–water partition coefficient (Wildman–Crippen LogP) is 5.29. The van der Waals surface area contributed by atoms with Crippen LogP contribution in [0.15, 0.2) is 28.7 Å². The van der Waals surface area contributed by atoms with Gasteiger partial charge in [0.1, 0.15) is 5.75 Å². The fourth-order valence-corrected chi connectivity index (χ4v) is 4.82. The lowest BCUT2D eigenvalue weighted by atomic mass is 9.56. The lowest BCUT2D eigenvalue weighted by Gasteiger charge is -2.49. The number of hydrogen-bond acceptors (Lipinski definition) is 1. The van der Waals surface area contributed by atoms with Crippen LogP contribution in [0, 0.1) is 23.7 Å². The van der Waals surface area contributed by atoms with E-state index in [1.165, 1.54) is 23.7 Å². The Morgan fingerprint density at radius 3 is 1.47 bits per heavy atom. The van der Waals surface area contributed by atoms with Gasteiger partial charge in [0.05, 0.1) is 7.11 Å². The average molecular weight is 323 g/mol. The molecule has 0 amide bonds. The molecule has 4 aliphatic rings. The third-order valence-electron chi connectivity index (χ3n) is 5.05. The quantitative estimate of drug-likeness (QED) is 0.682. The highest BCUT2D eigenvalue weighted by atomic mass is 79.9. The molecule has 104 valence electrons. The van der Waals surface area contributed by atoms with Crippen molar-refractivity contribution in [3.63, 3.8) is 0 Å². The van der Waals surface area contributed by atoms with E-state index in [2.05, 4.69) is 15.9 Å². The first kappa shape index (κ1) is 13.5. The Balaban J connectivity index is 0.000000117. The first-order valence-electron chi connectivity index (χ1n) is 7.52. The van der Waals surface area contributed by atoms with Gasteiger partial charge < -0.3 is 4.74 Å². The SMILES string of the molecule is C1C2CC3CC1CC(C2)C3.COc1ccc(Br)cc1. The third-order valence-corrected chi connectivity index (χ3v) is 5.58. The number of rotatable bonds is 1. The first-order chi connectivity index (χ1) is 9.22. The molecule has 1 nitrogen and oxygen atoms in total. The van der Waals surface area contributed by atoms with Gasteiger partial charge in [-0.05, 0) is 86.5 Å². The molecule has 19 heavy (non-hydrogen) atoms. The smallest absolute Gasteiger partial charge is 0.118 e. The Labute approximate surface area is 124 Å². The summed E-state index contributed by atoms with van der Waals surface area (Å²) in [5, 5.41) is 0. The van der Waals surface area contributed by atoms with Gasteiger partial charge >= 0.3 is 0 Å². The zero-order valence-electron chi connectivity index (χ0n) is 11.6. The van der Waals surface area contributed by atoms with Crippen LogP contribution >= 0.6 is 15.9 Å². The minimum absolute atomic E-state index is 0.887. The lowest BCUT2D eigenvalue weighted by molar-refractivity contribution is 0.0198. The van der Waals surface area contributed by atoms with E-state index >= 15 is 0 Å².